The van der Waals surface area contributed by atoms with E-state index in [9.17, 15) is 18.0 Å². The molecule has 172 valence electrons. The van der Waals surface area contributed by atoms with Crippen molar-refractivity contribution in [3.05, 3.63) is 59.7 Å². The van der Waals surface area contributed by atoms with Crippen molar-refractivity contribution in [3.63, 3.8) is 0 Å². The molecule has 2 N–H and O–H groups in total. The van der Waals surface area contributed by atoms with Gasteiger partial charge in [-0.2, -0.15) is 4.72 Å². The fourth-order valence-electron chi connectivity index (χ4n) is 4.18. The van der Waals surface area contributed by atoms with Crippen LogP contribution in [0.15, 0.2) is 53.4 Å². The highest BCUT2D eigenvalue weighted by molar-refractivity contribution is 7.89. The summed E-state index contributed by atoms with van der Waals surface area (Å²) < 4.78 is 28.2. The van der Waals surface area contributed by atoms with Crippen molar-refractivity contribution < 1.29 is 18.0 Å². The molecule has 2 aromatic rings. The molecule has 1 unspecified atom stereocenters. The van der Waals surface area contributed by atoms with Crippen molar-refractivity contribution in [3.8, 4) is 0 Å². The predicted octanol–water partition coefficient (Wildman–Crippen LogP) is 3.11. The Morgan fingerprint density at radius 3 is 2.38 bits per heavy atom. The standard InChI is InChI=1S/C24H31N3O4S/c1-4-15-27(22-12-9-19-7-5-6-8-20(19)16-22)24(29)17(2)26-32(30,31)23-13-10-21(11-14-23)25-18(3)28/h5-8,10-11,13-14,17,22,26H,4,9,12,15-16H2,1-3H3,(H,25,28)/t17-,22?/m0/s1. The third-order valence-electron chi connectivity index (χ3n) is 5.70. The molecule has 32 heavy (non-hydrogen) atoms. The minimum absolute atomic E-state index is 0.0416. The van der Waals surface area contributed by atoms with Gasteiger partial charge in [0.2, 0.25) is 21.8 Å². The molecule has 1 aliphatic carbocycles. The fourth-order valence-corrected chi connectivity index (χ4v) is 5.38. The van der Waals surface area contributed by atoms with Crippen LogP contribution in [0.5, 0.6) is 0 Å². The summed E-state index contributed by atoms with van der Waals surface area (Å²) in [5.74, 6) is -0.450. The number of carbonyl (C=O) groups excluding carboxylic acids is 2. The normalized spacial score (nSPS) is 16.7. The Morgan fingerprint density at radius 1 is 1.09 bits per heavy atom. The summed E-state index contributed by atoms with van der Waals surface area (Å²) in [6.07, 6.45) is 3.36. The first kappa shape index (κ1) is 23.9. The Morgan fingerprint density at radius 2 is 1.75 bits per heavy atom. The number of anilines is 1. The second-order valence-corrected chi connectivity index (χ2v) is 9.96. The Labute approximate surface area is 190 Å². The van der Waals surface area contributed by atoms with Crippen LogP contribution in [0.2, 0.25) is 0 Å². The summed E-state index contributed by atoms with van der Waals surface area (Å²) in [5.41, 5.74) is 3.08. The average molecular weight is 458 g/mol. The van der Waals surface area contributed by atoms with Gasteiger partial charge in [-0.05, 0) is 68.0 Å². The van der Waals surface area contributed by atoms with Gasteiger partial charge in [0.05, 0.1) is 10.9 Å². The van der Waals surface area contributed by atoms with Gasteiger partial charge in [-0.1, -0.05) is 31.2 Å². The average Bonchev–Trinajstić information content (AvgIpc) is 2.76. The summed E-state index contributed by atoms with van der Waals surface area (Å²) in [4.78, 5) is 26.3. The van der Waals surface area contributed by atoms with Gasteiger partial charge in [-0.15, -0.1) is 0 Å². The number of aryl methyl sites for hydroxylation is 1. The highest BCUT2D eigenvalue weighted by Gasteiger charge is 2.31. The summed E-state index contributed by atoms with van der Waals surface area (Å²) in [6.45, 7) is 5.57. The van der Waals surface area contributed by atoms with Gasteiger partial charge in [-0.3, -0.25) is 9.59 Å². The predicted molar refractivity (Wildman–Crippen MR) is 125 cm³/mol. The topological polar surface area (TPSA) is 95.6 Å². The van der Waals surface area contributed by atoms with Gasteiger partial charge in [-0.25, -0.2) is 8.42 Å². The summed E-state index contributed by atoms with van der Waals surface area (Å²) >= 11 is 0. The van der Waals surface area contributed by atoms with E-state index in [2.05, 4.69) is 22.2 Å². The zero-order valence-electron chi connectivity index (χ0n) is 18.8. The van der Waals surface area contributed by atoms with Gasteiger partial charge < -0.3 is 10.2 Å². The number of carbonyl (C=O) groups is 2. The number of nitrogens with one attached hydrogen (secondary N) is 2. The quantitative estimate of drug-likeness (QED) is 0.637. The van der Waals surface area contributed by atoms with E-state index >= 15 is 0 Å². The van der Waals surface area contributed by atoms with Crippen LogP contribution in [0.1, 0.15) is 44.7 Å². The Kier molecular flexibility index (Phi) is 7.69. The zero-order valence-corrected chi connectivity index (χ0v) is 19.6. The van der Waals surface area contributed by atoms with Crippen LogP contribution < -0.4 is 10.0 Å². The first-order valence-corrected chi connectivity index (χ1v) is 12.5. The number of benzene rings is 2. The third kappa shape index (κ3) is 5.75. The van der Waals surface area contributed by atoms with E-state index in [4.69, 9.17) is 0 Å². The summed E-state index contributed by atoms with van der Waals surface area (Å²) in [7, 11) is -3.89. The monoisotopic (exact) mass is 457 g/mol. The number of amides is 2. The van der Waals surface area contributed by atoms with Gasteiger partial charge in [0, 0.05) is 25.2 Å². The maximum atomic E-state index is 13.3. The smallest absolute Gasteiger partial charge is 0.241 e. The van der Waals surface area contributed by atoms with E-state index in [1.807, 2.05) is 24.0 Å². The van der Waals surface area contributed by atoms with Crippen LogP contribution in [-0.2, 0) is 32.5 Å². The lowest BCUT2D eigenvalue weighted by Crippen LogP contribution is -2.52. The molecule has 0 bridgehead atoms. The van der Waals surface area contributed by atoms with Crippen molar-refractivity contribution in [1.82, 2.24) is 9.62 Å². The number of sulfonamides is 1. The molecule has 8 heteroatoms. The van der Waals surface area contributed by atoms with Crippen LogP contribution in [-0.4, -0.2) is 43.8 Å². The Bertz CT molecular complexity index is 1070. The number of rotatable bonds is 8. The first-order valence-electron chi connectivity index (χ1n) is 11.0. The lowest BCUT2D eigenvalue weighted by molar-refractivity contribution is -0.135. The molecule has 2 atom stereocenters. The molecule has 0 spiro atoms. The second kappa shape index (κ2) is 10.3. The minimum Gasteiger partial charge on any atom is -0.338 e. The van der Waals surface area contributed by atoms with E-state index in [0.717, 1.165) is 25.7 Å². The van der Waals surface area contributed by atoms with Gasteiger partial charge in [0.25, 0.3) is 0 Å². The molecule has 0 aliphatic heterocycles. The number of nitrogens with zero attached hydrogens (tertiary/aromatic N) is 1. The van der Waals surface area contributed by atoms with E-state index in [0.29, 0.717) is 12.2 Å². The van der Waals surface area contributed by atoms with Crippen molar-refractivity contribution in [2.24, 2.45) is 0 Å². The number of hydrogen-bond donors (Lipinski definition) is 2. The number of hydrogen-bond acceptors (Lipinski definition) is 4. The van der Waals surface area contributed by atoms with Crippen LogP contribution in [0.3, 0.4) is 0 Å². The van der Waals surface area contributed by atoms with E-state index in [-0.39, 0.29) is 22.8 Å². The SMILES string of the molecule is CCCN(C(=O)[C@H](C)NS(=O)(=O)c1ccc(NC(C)=O)cc1)C1CCc2ccccc2C1. The number of fused-ring (bicyclic) bond motifs is 1. The highest BCUT2D eigenvalue weighted by Crippen LogP contribution is 2.25. The van der Waals surface area contributed by atoms with Gasteiger partial charge in [0.15, 0.2) is 0 Å². The molecule has 2 aromatic carbocycles. The second-order valence-electron chi connectivity index (χ2n) is 8.25. The maximum Gasteiger partial charge on any atom is 0.241 e. The zero-order chi connectivity index (χ0) is 23.3. The van der Waals surface area contributed by atoms with E-state index in [1.165, 1.54) is 42.3 Å². The van der Waals surface area contributed by atoms with E-state index < -0.39 is 16.1 Å². The maximum absolute atomic E-state index is 13.3. The van der Waals surface area contributed by atoms with Crippen LogP contribution >= 0.6 is 0 Å². The van der Waals surface area contributed by atoms with Gasteiger partial charge in [0.1, 0.15) is 0 Å². The minimum atomic E-state index is -3.89. The summed E-state index contributed by atoms with van der Waals surface area (Å²) in [6, 6.07) is 13.3. The molecule has 0 heterocycles. The van der Waals surface area contributed by atoms with Crippen molar-refractivity contribution in [2.75, 3.05) is 11.9 Å². The van der Waals surface area contributed by atoms with E-state index in [1.54, 1.807) is 6.92 Å². The van der Waals surface area contributed by atoms with Crippen molar-refractivity contribution >= 4 is 27.5 Å². The van der Waals surface area contributed by atoms with Crippen LogP contribution in [0, 0.1) is 0 Å². The van der Waals surface area contributed by atoms with Crippen LogP contribution in [0.4, 0.5) is 5.69 Å². The molecule has 0 saturated heterocycles. The molecule has 0 saturated carbocycles. The largest absolute Gasteiger partial charge is 0.338 e. The molecule has 7 nitrogen and oxygen atoms in total. The Hall–Kier alpha value is -2.71. The lowest BCUT2D eigenvalue weighted by atomic mass is 9.87. The molecule has 2 amide bonds. The van der Waals surface area contributed by atoms with Gasteiger partial charge >= 0.3 is 0 Å². The third-order valence-corrected chi connectivity index (χ3v) is 7.25. The van der Waals surface area contributed by atoms with Crippen molar-refractivity contribution in [1.29, 1.82) is 0 Å². The molecule has 0 aromatic heterocycles. The Balaban J connectivity index is 1.71. The lowest BCUT2D eigenvalue weighted by Gasteiger charge is -2.36. The molecular formula is C24H31N3O4S. The molecule has 3 rings (SSSR count). The molecular weight excluding hydrogens is 426 g/mol. The first-order chi connectivity index (χ1) is 15.2. The molecule has 0 fully saturated rings. The van der Waals surface area contributed by atoms with Crippen molar-refractivity contribution in [2.45, 2.75) is 63.4 Å². The fraction of sp³-hybridized carbons (Fsp3) is 0.417. The van der Waals surface area contributed by atoms with Crippen LogP contribution in [0.25, 0.3) is 0 Å². The highest BCUT2D eigenvalue weighted by atomic mass is 32.2. The summed E-state index contributed by atoms with van der Waals surface area (Å²) in [5, 5.41) is 2.60. The molecule has 1 aliphatic rings. The molecule has 0 radical (unpaired) electrons.